The van der Waals surface area contributed by atoms with Crippen LogP contribution in [0.5, 0.6) is 5.75 Å². The van der Waals surface area contributed by atoms with Crippen LogP contribution in [-0.4, -0.2) is 20.3 Å². The summed E-state index contributed by atoms with van der Waals surface area (Å²) in [5.74, 6) is 10.2. The van der Waals surface area contributed by atoms with Gasteiger partial charge in [0.15, 0.2) is 0 Å². The van der Waals surface area contributed by atoms with E-state index in [2.05, 4.69) is 42.9 Å². The first-order valence-corrected chi connectivity index (χ1v) is 11.8. The van der Waals surface area contributed by atoms with Crippen molar-refractivity contribution in [2.75, 3.05) is 7.11 Å². The molecule has 2 aromatic rings. The molecule has 0 aliphatic heterocycles. The summed E-state index contributed by atoms with van der Waals surface area (Å²) in [4.78, 5) is 0. The quantitative estimate of drug-likeness (QED) is 0.647. The third-order valence-corrected chi connectivity index (χ3v) is 4.50. The van der Waals surface area contributed by atoms with Crippen LogP contribution in [-0.2, 0) is 0 Å². The van der Waals surface area contributed by atoms with Crippen LogP contribution in [0.4, 0.5) is 0 Å². The van der Waals surface area contributed by atoms with Gasteiger partial charge in [-0.3, -0.25) is 0 Å². The summed E-state index contributed by atoms with van der Waals surface area (Å²) in [6, 6.07) is 13.4. The van der Waals surface area contributed by atoms with Crippen LogP contribution >= 0.6 is 0 Å². The van der Waals surface area contributed by atoms with Crippen molar-refractivity contribution in [3.63, 3.8) is 0 Å². The minimum absolute atomic E-state index is 0.756. The van der Waals surface area contributed by atoms with Gasteiger partial charge in [0.05, 0.1) is 7.11 Å². The molecule has 25 heavy (non-hydrogen) atoms. The highest BCUT2D eigenvalue weighted by Crippen LogP contribution is 2.19. The number of rotatable bonds is 2. The lowest BCUT2D eigenvalue weighted by molar-refractivity contribution is 0.238. The molecule has 0 saturated heterocycles. The number of benzene rings is 2. The number of aliphatic hydroxyl groups excluding tert-OH is 1. The third kappa shape index (κ3) is 5.54. The van der Waals surface area contributed by atoms with Gasteiger partial charge in [0.2, 0.25) is 0 Å². The summed E-state index contributed by atoms with van der Waals surface area (Å²) in [6.07, 6.45) is -0.811. The minimum Gasteiger partial charge on any atom is -0.497 e. The third-order valence-electron chi connectivity index (χ3n) is 3.60. The molecule has 0 bridgehead atoms. The topological polar surface area (TPSA) is 29.5 Å². The maximum Gasteiger partial charge on any atom is 0.140 e. The smallest absolute Gasteiger partial charge is 0.140 e. The van der Waals surface area contributed by atoms with Gasteiger partial charge in [0.25, 0.3) is 0 Å². The Balaban J connectivity index is 2.35. The summed E-state index contributed by atoms with van der Waals surface area (Å²) < 4.78 is 5.22. The molecule has 3 heteroatoms. The molecule has 2 aromatic carbocycles. The Bertz CT molecular complexity index is 871. The van der Waals surface area contributed by atoms with Crippen LogP contribution in [0.3, 0.4) is 0 Å². The van der Waals surface area contributed by atoms with Crippen molar-refractivity contribution >= 4 is 8.07 Å². The minimum atomic E-state index is -1.53. The molecule has 0 heterocycles. The molecule has 0 aliphatic rings. The Labute approximate surface area is 151 Å². The highest BCUT2D eigenvalue weighted by atomic mass is 28.3. The highest BCUT2D eigenvalue weighted by molar-refractivity contribution is 6.83. The first-order chi connectivity index (χ1) is 11.8. The molecular formula is C22H24O2Si. The lowest BCUT2D eigenvalue weighted by Gasteiger charge is -2.09. The van der Waals surface area contributed by atoms with Gasteiger partial charge in [0, 0.05) is 16.7 Å². The van der Waals surface area contributed by atoms with Crippen LogP contribution < -0.4 is 4.74 Å². The molecule has 1 unspecified atom stereocenters. The first kappa shape index (κ1) is 18.9. The summed E-state index contributed by atoms with van der Waals surface area (Å²) in [7, 11) is 0.125. The Morgan fingerprint density at radius 1 is 1.00 bits per heavy atom. The van der Waals surface area contributed by atoms with Gasteiger partial charge in [-0.15, -0.1) is 5.54 Å². The molecule has 0 aromatic heterocycles. The van der Waals surface area contributed by atoms with E-state index in [1.54, 1.807) is 7.11 Å². The molecule has 0 amide bonds. The number of ether oxygens (including phenoxy) is 1. The lowest BCUT2D eigenvalue weighted by Crippen LogP contribution is -2.17. The van der Waals surface area contributed by atoms with E-state index in [1.807, 2.05) is 49.4 Å². The second-order valence-corrected chi connectivity index (χ2v) is 11.7. The summed E-state index contributed by atoms with van der Waals surface area (Å²) in [6.45, 7) is 8.48. The van der Waals surface area contributed by atoms with E-state index in [9.17, 15) is 5.11 Å². The highest BCUT2D eigenvalue weighted by Gasteiger charge is 2.11. The Kier molecular flexibility index (Phi) is 6.10. The van der Waals surface area contributed by atoms with Crippen molar-refractivity contribution in [1.29, 1.82) is 0 Å². The molecule has 0 aliphatic carbocycles. The zero-order chi connectivity index (χ0) is 18.4. The Hall–Kier alpha value is -2.46. The zero-order valence-electron chi connectivity index (χ0n) is 15.5. The van der Waals surface area contributed by atoms with Crippen molar-refractivity contribution in [3.05, 3.63) is 64.7 Å². The molecule has 128 valence electrons. The molecule has 1 N–H and O–H groups in total. The number of hydrogen-bond acceptors (Lipinski definition) is 2. The van der Waals surface area contributed by atoms with Crippen molar-refractivity contribution < 1.29 is 9.84 Å². The molecule has 0 saturated carbocycles. The van der Waals surface area contributed by atoms with E-state index in [0.29, 0.717) is 0 Å². The fourth-order valence-corrected chi connectivity index (χ4v) is 2.82. The van der Waals surface area contributed by atoms with Gasteiger partial charge >= 0.3 is 0 Å². The number of methoxy groups -OCH3 is 1. The molecule has 0 radical (unpaired) electrons. The van der Waals surface area contributed by atoms with Crippen molar-refractivity contribution in [1.82, 2.24) is 0 Å². The monoisotopic (exact) mass is 348 g/mol. The summed E-state index contributed by atoms with van der Waals surface area (Å²) in [5.41, 5.74) is 6.78. The van der Waals surface area contributed by atoms with E-state index < -0.39 is 14.2 Å². The maximum absolute atomic E-state index is 10.4. The number of aliphatic hydroxyl groups is 1. The molecule has 0 fully saturated rings. The van der Waals surface area contributed by atoms with Gasteiger partial charge < -0.3 is 9.84 Å². The van der Waals surface area contributed by atoms with Gasteiger partial charge in [-0.05, 0) is 36.8 Å². The van der Waals surface area contributed by atoms with Crippen molar-refractivity contribution in [3.8, 4) is 29.1 Å². The van der Waals surface area contributed by atoms with Crippen molar-refractivity contribution in [2.45, 2.75) is 32.7 Å². The van der Waals surface area contributed by atoms with Gasteiger partial charge in [-0.2, -0.15) is 0 Å². The average Bonchev–Trinajstić information content (AvgIpc) is 2.58. The molecule has 2 rings (SSSR count). The maximum atomic E-state index is 10.4. The van der Waals surface area contributed by atoms with E-state index in [1.165, 1.54) is 0 Å². The van der Waals surface area contributed by atoms with Gasteiger partial charge in [-0.25, -0.2) is 0 Å². The van der Waals surface area contributed by atoms with Crippen LogP contribution in [0.15, 0.2) is 42.5 Å². The second kappa shape index (κ2) is 8.08. The molecule has 0 spiro atoms. The fourth-order valence-electron chi connectivity index (χ4n) is 2.25. The van der Waals surface area contributed by atoms with E-state index in [0.717, 1.165) is 28.0 Å². The fraction of sp³-hybridized carbons (Fsp3) is 0.273. The summed E-state index contributed by atoms with van der Waals surface area (Å²) >= 11 is 0. The Morgan fingerprint density at radius 2 is 1.68 bits per heavy atom. The second-order valence-electron chi connectivity index (χ2n) is 6.94. The number of hydrogen-bond donors (Lipinski definition) is 1. The van der Waals surface area contributed by atoms with Crippen LogP contribution in [0, 0.1) is 30.2 Å². The SMILES string of the molecule is COc1ccc(C#Cc2ccccc2C(O)C#C[Si](C)(C)C)c(C)c1. The van der Waals surface area contributed by atoms with Gasteiger partial charge in [0.1, 0.15) is 19.9 Å². The van der Waals surface area contributed by atoms with Crippen LogP contribution in [0.25, 0.3) is 0 Å². The van der Waals surface area contributed by atoms with E-state index in [-0.39, 0.29) is 0 Å². The molecule has 2 nitrogen and oxygen atoms in total. The van der Waals surface area contributed by atoms with E-state index in [4.69, 9.17) is 4.74 Å². The molecular weight excluding hydrogens is 324 g/mol. The first-order valence-electron chi connectivity index (χ1n) is 8.26. The van der Waals surface area contributed by atoms with Gasteiger partial charge in [-0.1, -0.05) is 55.6 Å². The Morgan fingerprint density at radius 3 is 2.32 bits per heavy atom. The largest absolute Gasteiger partial charge is 0.497 e. The van der Waals surface area contributed by atoms with Crippen molar-refractivity contribution in [2.24, 2.45) is 0 Å². The summed E-state index contributed by atoms with van der Waals surface area (Å²) in [5, 5.41) is 10.4. The standard InChI is InChI=1S/C22H24O2Si/c1-17-16-20(24-2)13-12-18(17)10-11-19-8-6-7-9-21(19)22(23)14-15-25(3,4)5/h6-9,12-13,16,22-23H,1-5H3. The number of aryl methyl sites for hydroxylation is 1. The predicted molar refractivity (Wildman–Crippen MR) is 106 cm³/mol. The molecule has 1 atom stereocenters. The predicted octanol–water partition coefficient (Wildman–Crippen LogP) is 4.32. The lowest BCUT2D eigenvalue weighted by atomic mass is 10.0. The van der Waals surface area contributed by atoms with Crippen LogP contribution in [0.2, 0.25) is 19.6 Å². The van der Waals surface area contributed by atoms with Crippen LogP contribution in [0.1, 0.15) is 28.4 Å². The zero-order valence-corrected chi connectivity index (χ0v) is 16.5. The average molecular weight is 349 g/mol. The normalized spacial score (nSPS) is 11.6. The van der Waals surface area contributed by atoms with E-state index >= 15 is 0 Å².